The van der Waals surface area contributed by atoms with E-state index in [0.717, 1.165) is 24.6 Å². The Morgan fingerprint density at radius 3 is 3.45 bits per heavy atom. The van der Waals surface area contributed by atoms with E-state index in [0.29, 0.717) is 0 Å². The highest BCUT2D eigenvalue weighted by Gasteiger charge is 2.11. The predicted octanol–water partition coefficient (Wildman–Crippen LogP) is 0.743. The second-order valence-electron chi connectivity index (χ2n) is 2.66. The molecule has 1 aromatic rings. The maximum absolute atomic E-state index is 4.09. The summed E-state index contributed by atoms with van der Waals surface area (Å²) in [6, 6.07) is 3.86. The normalized spacial score (nSPS) is 15.5. The molecule has 2 heterocycles. The zero-order valence-electron chi connectivity index (χ0n) is 6.46. The Morgan fingerprint density at radius 1 is 1.73 bits per heavy atom. The summed E-state index contributed by atoms with van der Waals surface area (Å²) in [6.45, 7) is 2.01. The Kier molecular flexibility index (Phi) is 1.42. The average Bonchev–Trinajstić information content (AvgIpc) is 2.06. The first-order valence-electron chi connectivity index (χ1n) is 3.70. The van der Waals surface area contributed by atoms with Crippen molar-refractivity contribution in [2.45, 2.75) is 0 Å². The van der Waals surface area contributed by atoms with Crippen LogP contribution in [0.15, 0.2) is 12.1 Å². The lowest BCUT2D eigenvalue weighted by Crippen LogP contribution is -2.30. The van der Waals surface area contributed by atoms with Crippen molar-refractivity contribution in [3.63, 3.8) is 0 Å². The molecule has 3 heteroatoms. The molecule has 1 radical (unpaired) electrons. The molecular formula is C8H10N3. The summed E-state index contributed by atoms with van der Waals surface area (Å²) in [5.41, 5.74) is 1.16. The molecule has 0 bridgehead atoms. The Labute approximate surface area is 66.0 Å². The van der Waals surface area contributed by atoms with Crippen LogP contribution in [0.4, 0.5) is 11.5 Å². The minimum Gasteiger partial charge on any atom is -0.370 e. The summed E-state index contributed by atoms with van der Waals surface area (Å²) in [5.74, 6) is 0.946. The first-order chi connectivity index (χ1) is 5.38. The van der Waals surface area contributed by atoms with Gasteiger partial charge in [-0.25, -0.2) is 4.98 Å². The predicted molar refractivity (Wildman–Crippen MR) is 44.8 cm³/mol. The van der Waals surface area contributed by atoms with Gasteiger partial charge in [0, 0.05) is 20.1 Å². The first-order valence-corrected chi connectivity index (χ1v) is 3.70. The van der Waals surface area contributed by atoms with Crippen molar-refractivity contribution in [2.24, 2.45) is 0 Å². The monoisotopic (exact) mass is 148 g/mol. The molecule has 0 unspecified atom stereocenters. The van der Waals surface area contributed by atoms with Gasteiger partial charge in [0.25, 0.3) is 0 Å². The van der Waals surface area contributed by atoms with Crippen molar-refractivity contribution in [3.8, 4) is 0 Å². The van der Waals surface area contributed by atoms with Gasteiger partial charge >= 0.3 is 0 Å². The van der Waals surface area contributed by atoms with Crippen LogP contribution in [0, 0.1) is 6.20 Å². The third-order valence-electron chi connectivity index (χ3n) is 1.89. The van der Waals surface area contributed by atoms with E-state index in [1.54, 1.807) is 0 Å². The van der Waals surface area contributed by atoms with Gasteiger partial charge in [-0.3, -0.25) is 0 Å². The molecule has 0 aliphatic carbocycles. The van der Waals surface area contributed by atoms with Crippen LogP contribution < -0.4 is 10.2 Å². The van der Waals surface area contributed by atoms with Crippen molar-refractivity contribution in [1.82, 2.24) is 4.98 Å². The summed E-state index contributed by atoms with van der Waals surface area (Å²) < 4.78 is 0. The maximum Gasteiger partial charge on any atom is 0.150 e. The topological polar surface area (TPSA) is 28.2 Å². The summed E-state index contributed by atoms with van der Waals surface area (Å²) in [4.78, 5) is 6.28. The number of nitrogens with zero attached hydrogens (tertiary/aromatic N) is 2. The van der Waals surface area contributed by atoms with Gasteiger partial charge in [-0.15, -0.1) is 0 Å². The summed E-state index contributed by atoms with van der Waals surface area (Å²) >= 11 is 0. The molecule has 0 aromatic carbocycles. The van der Waals surface area contributed by atoms with Crippen LogP contribution in [0.1, 0.15) is 0 Å². The van der Waals surface area contributed by atoms with Crippen LogP contribution in [0.3, 0.4) is 0 Å². The zero-order chi connectivity index (χ0) is 7.68. The van der Waals surface area contributed by atoms with E-state index in [-0.39, 0.29) is 0 Å². The molecule has 0 fully saturated rings. The van der Waals surface area contributed by atoms with Gasteiger partial charge in [0.15, 0.2) is 0 Å². The van der Waals surface area contributed by atoms with Gasteiger partial charge in [-0.2, -0.15) is 0 Å². The molecule has 3 nitrogen and oxygen atoms in total. The standard InChI is InChI=1S/C8H10N3/c1-11-6-5-10-8-7(11)3-2-4-9-8/h2-3H,5-6H2,1H3,(H,9,10). The molecule has 1 aliphatic rings. The number of aromatic nitrogens is 1. The highest BCUT2D eigenvalue weighted by Crippen LogP contribution is 2.23. The fraction of sp³-hybridized carbons (Fsp3) is 0.375. The van der Waals surface area contributed by atoms with Crippen LogP contribution >= 0.6 is 0 Å². The molecule has 11 heavy (non-hydrogen) atoms. The largest absolute Gasteiger partial charge is 0.370 e. The van der Waals surface area contributed by atoms with E-state index in [2.05, 4.69) is 28.4 Å². The molecule has 1 aromatic heterocycles. The number of likely N-dealkylation sites (N-methyl/N-ethyl adjacent to an activating group) is 1. The smallest absolute Gasteiger partial charge is 0.150 e. The van der Waals surface area contributed by atoms with Crippen LogP contribution in [-0.2, 0) is 0 Å². The van der Waals surface area contributed by atoms with Crippen molar-refractivity contribution in [1.29, 1.82) is 0 Å². The van der Waals surface area contributed by atoms with Crippen LogP contribution in [0.25, 0.3) is 0 Å². The van der Waals surface area contributed by atoms with Crippen LogP contribution in [0.2, 0.25) is 0 Å². The highest BCUT2D eigenvalue weighted by atomic mass is 15.2. The Bertz CT molecular complexity index is 259. The highest BCUT2D eigenvalue weighted by molar-refractivity contribution is 5.67. The summed E-state index contributed by atoms with van der Waals surface area (Å²) in [7, 11) is 2.07. The zero-order valence-corrected chi connectivity index (χ0v) is 6.46. The van der Waals surface area contributed by atoms with E-state index in [4.69, 9.17) is 0 Å². The number of hydrogen-bond acceptors (Lipinski definition) is 3. The van der Waals surface area contributed by atoms with Gasteiger partial charge < -0.3 is 10.2 Å². The third-order valence-corrected chi connectivity index (χ3v) is 1.89. The van der Waals surface area contributed by atoms with Crippen molar-refractivity contribution >= 4 is 11.5 Å². The van der Waals surface area contributed by atoms with E-state index < -0.39 is 0 Å². The maximum atomic E-state index is 4.09. The van der Waals surface area contributed by atoms with Crippen LogP contribution in [-0.4, -0.2) is 25.1 Å². The molecular weight excluding hydrogens is 138 g/mol. The second kappa shape index (κ2) is 2.42. The third kappa shape index (κ3) is 1.02. The SMILES string of the molecule is CN1CCNc2n[c]ccc21. The Hall–Kier alpha value is -1.25. The minimum atomic E-state index is 0.946. The van der Waals surface area contributed by atoms with Gasteiger partial charge in [0.1, 0.15) is 5.82 Å². The number of hydrogen-bond donors (Lipinski definition) is 1. The summed E-state index contributed by atoms with van der Waals surface area (Å²) in [5, 5.41) is 3.21. The van der Waals surface area contributed by atoms with E-state index in [1.165, 1.54) is 0 Å². The Balaban J connectivity index is 2.44. The first kappa shape index (κ1) is 6.46. The molecule has 0 spiro atoms. The Morgan fingerprint density at radius 2 is 2.64 bits per heavy atom. The van der Waals surface area contributed by atoms with E-state index in [1.807, 2.05) is 12.1 Å². The quantitative estimate of drug-likeness (QED) is 0.588. The van der Waals surface area contributed by atoms with Crippen LogP contribution in [0.5, 0.6) is 0 Å². The number of pyridine rings is 1. The molecule has 0 amide bonds. The lowest BCUT2D eigenvalue weighted by Gasteiger charge is -2.26. The average molecular weight is 148 g/mol. The van der Waals surface area contributed by atoms with Crippen molar-refractivity contribution in [3.05, 3.63) is 18.3 Å². The number of rotatable bonds is 0. The lowest BCUT2D eigenvalue weighted by atomic mass is 10.3. The fourth-order valence-corrected chi connectivity index (χ4v) is 1.25. The van der Waals surface area contributed by atoms with E-state index >= 15 is 0 Å². The lowest BCUT2D eigenvalue weighted by molar-refractivity contribution is 0.874. The second-order valence-corrected chi connectivity index (χ2v) is 2.66. The van der Waals surface area contributed by atoms with Gasteiger partial charge in [0.2, 0.25) is 0 Å². The minimum absolute atomic E-state index is 0.946. The van der Waals surface area contributed by atoms with Crippen molar-refractivity contribution in [2.75, 3.05) is 30.4 Å². The van der Waals surface area contributed by atoms with Gasteiger partial charge in [-0.05, 0) is 12.1 Å². The molecule has 1 N–H and O–H groups in total. The number of fused-ring (bicyclic) bond motifs is 1. The molecule has 0 saturated carbocycles. The molecule has 0 atom stereocenters. The number of anilines is 2. The van der Waals surface area contributed by atoms with Crippen molar-refractivity contribution < 1.29 is 0 Å². The summed E-state index contributed by atoms with van der Waals surface area (Å²) in [6.07, 6.45) is 2.80. The van der Waals surface area contributed by atoms with Gasteiger partial charge in [0.05, 0.1) is 11.9 Å². The molecule has 57 valence electrons. The molecule has 1 aliphatic heterocycles. The molecule has 0 saturated heterocycles. The van der Waals surface area contributed by atoms with E-state index in [9.17, 15) is 0 Å². The fourth-order valence-electron chi connectivity index (χ4n) is 1.25. The number of nitrogens with one attached hydrogen (secondary N) is 1. The molecule has 2 rings (SSSR count). The van der Waals surface area contributed by atoms with Gasteiger partial charge in [-0.1, -0.05) is 0 Å².